The average molecular weight is 555 g/mol. The Labute approximate surface area is 216 Å². The fourth-order valence-electron chi connectivity index (χ4n) is 3.12. The number of rotatable bonds is 10. The van der Waals surface area contributed by atoms with E-state index < -0.39 is 46.1 Å². The summed E-state index contributed by atoms with van der Waals surface area (Å²) in [5, 5.41) is 19.1. The van der Waals surface area contributed by atoms with Gasteiger partial charge in [0.2, 0.25) is 0 Å². The highest BCUT2D eigenvalue weighted by atomic mass is 35.5. The van der Waals surface area contributed by atoms with Crippen molar-refractivity contribution in [3.05, 3.63) is 91.1 Å². The Hall–Kier alpha value is -3.83. The van der Waals surface area contributed by atoms with Crippen LogP contribution in [0.1, 0.15) is 40.8 Å². The van der Waals surface area contributed by atoms with Gasteiger partial charge in [0, 0.05) is 41.6 Å². The Morgan fingerprint density at radius 2 is 1.84 bits per heavy atom. The number of benzene rings is 1. The molecule has 0 saturated carbocycles. The molecule has 0 saturated heterocycles. The SMILES string of the molecule is C/C(=C\c1sc(Oc2cc(F)c(F)c(F)c2)cc1Cl)C(=O)c1c(O)cc(CCC/C=C/C(=O)O)oc1=O. The molecule has 0 aliphatic heterocycles. The number of aryl methyl sites for hydroxylation is 1. The number of ketones is 1. The van der Waals surface area contributed by atoms with Crippen molar-refractivity contribution in [3.8, 4) is 16.6 Å². The summed E-state index contributed by atoms with van der Waals surface area (Å²) in [6.45, 7) is 1.38. The van der Waals surface area contributed by atoms with Crippen molar-refractivity contribution >= 4 is 40.8 Å². The molecule has 3 aromatic rings. The van der Waals surface area contributed by atoms with Gasteiger partial charge in [-0.15, -0.1) is 0 Å². The Balaban J connectivity index is 1.76. The van der Waals surface area contributed by atoms with E-state index in [9.17, 15) is 32.7 Å². The lowest BCUT2D eigenvalue weighted by Crippen LogP contribution is -2.16. The number of Topliss-reactive ketones (excluding diaryl/α,β-unsaturated/α-hetero) is 1. The zero-order chi connectivity index (χ0) is 27.3. The Morgan fingerprint density at radius 1 is 1.16 bits per heavy atom. The first-order chi connectivity index (χ1) is 17.5. The molecule has 0 atom stereocenters. The smallest absolute Gasteiger partial charge is 0.351 e. The number of hydrogen-bond donors (Lipinski definition) is 2. The number of carbonyl (C=O) groups is 2. The molecule has 2 aromatic heterocycles. The van der Waals surface area contributed by atoms with Crippen LogP contribution in [0, 0.1) is 17.5 Å². The first-order valence-electron chi connectivity index (χ1n) is 10.6. The van der Waals surface area contributed by atoms with Gasteiger partial charge in [-0.1, -0.05) is 29.0 Å². The summed E-state index contributed by atoms with van der Waals surface area (Å²) in [6.07, 6.45) is 4.83. The standard InChI is InChI=1S/C25H18ClF3O7S/c1-12(7-19-15(26)11-21(37-19)35-14-8-16(27)23(29)17(28)9-14)24(33)22-18(30)10-13(36-25(22)34)5-3-2-4-6-20(31)32/h4,6-11,30H,2-3,5H2,1H3,(H,31,32)/b6-4+,12-7+. The molecule has 0 spiro atoms. The predicted octanol–water partition coefficient (Wildman–Crippen LogP) is 6.52. The third-order valence-electron chi connectivity index (χ3n) is 4.84. The van der Waals surface area contributed by atoms with Crippen LogP contribution in [0.15, 0.2) is 51.2 Å². The van der Waals surface area contributed by atoms with Crippen LogP contribution >= 0.6 is 22.9 Å². The fraction of sp³-hybridized carbons (Fsp3) is 0.160. The third-order valence-corrected chi connectivity index (χ3v) is 6.22. The van der Waals surface area contributed by atoms with Crippen molar-refractivity contribution in [2.75, 3.05) is 0 Å². The predicted molar refractivity (Wildman–Crippen MR) is 130 cm³/mol. The van der Waals surface area contributed by atoms with Gasteiger partial charge in [-0.25, -0.2) is 22.8 Å². The number of ether oxygens (including phenoxy) is 1. The molecule has 3 rings (SSSR count). The van der Waals surface area contributed by atoms with Crippen LogP contribution in [0.25, 0.3) is 6.08 Å². The highest BCUT2D eigenvalue weighted by Crippen LogP contribution is 2.38. The van der Waals surface area contributed by atoms with Gasteiger partial charge in [0.25, 0.3) is 0 Å². The molecule has 7 nitrogen and oxygen atoms in total. The molecule has 0 radical (unpaired) electrons. The summed E-state index contributed by atoms with van der Waals surface area (Å²) in [5.41, 5.74) is -1.61. The Kier molecular flexibility index (Phi) is 8.95. The number of unbranched alkanes of at least 4 members (excludes halogenated alkanes) is 1. The largest absolute Gasteiger partial charge is 0.507 e. The molecule has 0 aliphatic rings. The van der Waals surface area contributed by atoms with Crippen molar-refractivity contribution in [2.45, 2.75) is 26.2 Å². The molecule has 0 amide bonds. The Bertz CT molecular complexity index is 1450. The van der Waals surface area contributed by atoms with Crippen LogP contribution < -0.4 is 10.4 Å². The van der Waals surface area contributed by atoms with E-state index in [-0.39, 0.29) is 33.6 Å². The van der Waals surface area contributed by atoms with Gasteiger partial charge in [0.05, 0.1) is 5.02 Å². The van der Waals surface area contributed by atoms with Crippen LogP contribution in [-0.4, -0.2) is 22.0 Å². The normalized spacial score (nSPS) is 11.8. The van der Waals surface area contributed by atoms with Crippen molar-refractivity contribution in [3.63, 3.8) is 0 Å². The quantitative estimate of drug-likeness (QED) is 0.127. The minimum atomic E-state index is -1.64. The van der Waals surface area contributed by atoms with Gasteiger partial charge in [-0.3, -0.25) is 4.79 Å². The van der Waals surface area contributed by atoms with Crippen molar-refractivity contribution in [1.82, 2.24) is 0 Å². The second kappa shape index (κ2) is 11.9. The van der Waals surface area contributed by atoms with Crippen molar-refractivity contribution in [2.24, 2.45) is 0 Å². The summed E-state index contributed by atoms with van der Waals surface area (Å²) < 4.78 is 50.4. The number of carboxylic acid groups (broad SMARTS) is 1. The van der Waals surface area contributed by atoms with Crippen LogP contribution in [0.3, 0.4) is 0 Å². The summed E-state index contributed by atoms with van der Waals surface area (Å²) in [5.74, 6) is -7.16. The number of thiophene rings is 1. The maximum atomic E-state index is 13.4. The molecule has 0 fully saturated rings. The molecular formula is C25H18ClF3O7S. The lowest BCUT2D eigenvalue weighted by atomic mass is 10.0. The number of carbonyl (C=O) groups excluding carboxylic acids is 1. The number of aromatic hydroxyl groups is 1. The van der Waals surface area contributed by atoms with Crippen LogP contribution in [0.5, 0.6) is 16.6 Å². The zero-order valence-electron chi connectivity index (χ0n) is 19.0. The highest BCUT2D eigenvalue weighted by Gasteiger charge is 2.21. The lowest BCUT2D eigenvalue weighted by Gasteiger charge is -2.05. The Morgan fingerprint density at radius 3 is 2.46 bits per heavy atom. The monoisotopic (exact) mass is 554 g/mol. The molecule has 0 unspecified atom stereocenters. The van der Waals surface area contributed by atoms with Gasteiger partial charge < -0.3 is 19.4 Å². The maximum absolute atomic E-state index is 13.4. The molecule has 2 heterocycles. The third kappa shape index (κ3) is 7.11. The molecule has 37 heavy (non-hydrogen) atoms. The van der Waals surface area contributed by atoms with Crippen LogP contribution in [-0.2, 0) is 11.2 Å². The first kappa shape index (κ1) is 27.8. The molecule has 12 heteroatoms. The van der Waals surface area contributed by atoms with Gasteiger partial charge >= 0.3 is 11.6 Å². The molecule has 2 N–H and O–H groups in total. The summed E-state index contributed by atoms with van der Waals surface area (Å²) in [6, 6.07) is 3.79. The van der Waals surface area contributed by atoms with E-state index in [1.54, 1.807) is 0 Å². The van der Waals surface area contributed by atoms with E-state index in [0.717, 1.165) is 23.5 Å². The van der Waals surface area contributed by atoms with E-state index in [4.69, 9.17) is 25.9 Å². The van der Waals surface area contributed by atoms with E-state index >= 15 is 0 Å². The van der Waals surface area contributed by atoms with Gasteiger partial charge in [-0.2, -0.15) is 0 Å². The molecule has 1 aromatic carbocycles. The summed E-state index contributed by atoms with van der Waals surface area (Å²) in [7, 11) is 0. The van der Waals surface area contributed by atoms with E-state index in [1.807, 2.05) is 0 Å². The van der Waals surface area contributed by atoms with E-state index in [2.05, 4.69) is 0 Å². The second-order valence-electron chi connectivity index (χ2n) is 7.63. The zero-order valence-corrected chi connectivity index (χ0v) is 20.6. The first-order valence-corrected chi connectivity index (χ1v) is 11.8. The molecular weight excluding hydrogens is 537 g/mol. The average Bonchev–Trinajstić information content (AvgIpc) is 3.14. The topological polar surface area (TPSA) is 114 Å². The lowest BCUT2D eigenvalue weighted by molar-refractivity contribution is -0.131. The van der Waals surface area contributed by atoms with Crippen LogP contribution in [0.2, 0.25) is 5.02 Å². The second-order valence-corrected chi connectivity index (χ2v) is 9.08. The molecule has 194 valence electrons. The minimum Gasteiger partial charge on any atom is -0.507 e. The van der Waals surface area contributed by atoms with Crippen molar-refractivity contribution < 1.29 is 42.1 Å². The number of carboxylic acids is 1. The van der Waals surface area contributed by atoms with Crippen molar-refractivity contribution in [1.29, 1.82) is 0 Å². The minimum absolute atomic E-state index is 0.0170. The molecule has 0 bridgehead atoms. The highest BCUT2D eigenvalue weighted by molar-refractivity contribution is 7.15. The van der Waals surface area contributed by atoms with Gasteiger partial charge in [-0.05, 0) is 31.4 Å². The van der Waals surface area contributed by atoms with Gasteiger partial charge in [0.15, 0.2) is 28.3 Å². The molecule has 0 aliphatic carbocycles. The number of halogens is 4. The fourth-order valence-corrected chi connectivity index (χ4v) is 4.37. The van der Waals surface area contributed by atoms with Crippen LogP contribution in [0.4, 0.5) is 13.2 Å². The number of allylic oxidation sites excluding steroid dienone is 2. The summed E-state index contributed by atoms with van der Waals surface area (Å²) in [4.78, 5) is 36.0. The van der Waals surface area contributed by atoms with E-state index in [0.29, 0.717) is 29.9 Å². The summed E-state index contributed by atoms with van der Waals surface area (Å²) >= 11 is 7.07. The maximum Gasteiger partial charge on any atom is 0.351 e. The number of hydrogen-bond acceptors (Lipinski definition) is 7. The number of aliphatic carboxylic acids is 1. The van der Waals surface area contributed by atoms with E-state index in [1.165, 1.54) is 25.1 Å². The van der Waals surface area contributed by atoms with Gasteiger partial charge in [0.1, 0.15) is 22.8 Å².